The van der Waals surface area contributed by atoms with E-state index in [0.29, 0.717) is 17.6 Å². The number of alkyl halides is 2. The van der Waals surface area contributed by atoms with Gasteiger partial charge in [0.25, 0.3) is 0 Å². The molecule has 5 N–H and O–H groups in total. The van der Waals surface area contributed by atoms with Gasteiger partial charge in [-0.15, -0.1) is 8.78 Å². The van der Waals surface area contributed by atoms with E-state index in [2.05, 4.69) is 20.0 Å². The first-order valence-corrected chi connectivity index (χ1v) is 5.86. The molecule has 1 aromatic rings. The van der Waals surface area contributed by atoms with Crippen LogP contribution >= 0.6 is 0 Å². The number of carbonyl (C=O) groups excluding carboxylic acids is 1. The van der Waals surface area contributed by atoms with Gasteiger partial charge in [-0.1, -0.05) is 0 Å². The van der Waals surface area contributed by atoms with Crippen molar-refractivity contribution in [1.82, 2.24) is 5.43 Å². The first kappa shape index (κ1) is 13.3. The topological polar surface area (TPSA) is 112 Å². The normalized spacial score (nSPS) is 18.7. The van der Waals surface area contributed by atoms with Crippen molar-refractivity contribution in [2.45, 2.75) is 12.7 Å². The van der Waals surface area contributed by atoms with Crippen molar-refractivity contribution < 1.29 is 23.0 Å². The van der Waals surface area contributed by atoms with Crippen LogP contribution in [-0.2, 0) is 0 Å². The Bertz CT molecular complexity index is 700. The molecule has 21 heavy (non-hydrogen) atoms. The number of nitrogens with zero attached hydrogens (tertiary/aromatic N) is 1. The van der Waals surface area contributed by atoms with Crippen molar-refractivity contribution in [3.63, 3.8) is 0 Å². The molecular weight excluding hydrogens is 286 g/mol. The molecule has 0 bridgehead atoms. The minimum Gasteiger partial charge on any atom is -0.395 e. The van der Waals surface area contributed by atoms with Gasteiger partial charge in [-0.25, -0.2) is 5.84 Å². The molecule has 9 heteroatoms. The molecule has 0 unspecified atom stereocenters. The Balaban J connectivity index is 1.86. The Labute approximate surface area is 117 Å². The molecule has 7 nitrogen and oxygen atoms in total. The zero-order valence-corrected chi connectivity index (χ0v) is 10.5. The number of halogens is 2. The quantitative estimate of drug-likeness (QED) is 0.248. The number of carbonyl (C=O) groups is 1. The van der Waals surface area contributed by atoms with Crippen LogP contribution in [0.25, 0.3) is 0 Å². The summed E-state index contributed by atoms with van der Waals surface area (Å²) in [6.07, 6.45) is -3.33. The largest absolute Gasteiger partial charge is 0.586 e. The SMILES string of the molecule is N/N=C(/NN)C1=C(C(=O)c2ccc3c(c2)OC(F)(F)O3)C1. The van der Waals surface area contributed by atoms with Crippen molar-refractivity contribution in [1.29, 1.82) is 0 Å². The van der Waals surface area contributed by atoms with Crippen LogP contribution in [0.2, 0.25) is 0 Å². The van der Waals surface area contributed by atoms with Crippen molar-refractivity contribution >= 4 is 11.6 Å². The van der Waals surface area contributed by atoms with Crippen LogP contribution in [0.4, 0.5) is 8.78 Å². The number of nitrogens with two attached hydrogens (primary N) is 2. The summed E-state index contributed by atoms with van der Waals surface area (Å²) in [7, 11) is 0. The molecule has 0 fully saturated rings. The predicted molar refractivity (Wildman–Crippen MR) is 67.6 cm³/mol. The number of hydrazone groups is 1. The zero-order valence-electron chi connectivity index (χ0n) is 10.5. The van der Waals surface area contributed by atoms with Gasteiger partial charge in [-0.2, -0.15) is 5.10 Å². The fourth-order valence-electron chi connectivity index (χ4n) is 2.04. The second kappa shape index (κ2) is 4.42. The monoisotopic (exact) mass is 296 g/mol. The van der Waals surface area contributed by atoms with Crippen LogP contribution in [0.5, 0.6) is 11.5 Å². The van der Waals surface area contributed by atoms with E-state index in [1.54, 1.807) is 0 Å². The average molecular weight is 296 g/mol. The van der Waals surface area contributed by atoms with Crippen molar-refractivity contribution in [2.75, 3.05) is 0 Å². The number of ketones is 1. The highest BCUT2D eigenvalue weighted by molar-refractivity contribution is 6.20. The lowest BCUT2D eigenvalue weighted by molar-refractivity contribution is -0.286. The van der Waals surface area contributed by atoms with E-state index in [1.807, 2.05) is 0 Å². The molecule has 1 aromatic carbocycles. The maximum atomic E-state index is 12.9. The summed E-state index contributed by atoms with van der Waals surface area (Å²) in [4.78, 5) is 12.2. The summed E-state index contributed by atoms with van der Waals surface area (Å²) in [5.41, 5.74) is 3.53. The number of nitrogens with one attached hydrogen (secondary N) is 1. The van der Waals surface area contributed by atoms with Gasteiger partial charge in [-0.05, 0) is 18.2 Å². The third-order valence-corrected chi connectivity index (χ3v) is 3.08. The van der Waals surface area contributed by atoms with Crippen LogP contribution in [0.3, 0.4) is 0 Å². The van der Waals surface area contributed by atoms with Crippen LogP contribution in [0, 0.1) is 0 Å². The highest BCUT2D eigenvalue weighted by Gasteiger charge is 2.44. The van der Waals surface area contributed by atoms with Crippen molar-refractivity contribution in [2.24, 2.45) is 16.8 Å². The highest BCUT2D eigenvalue weighted by Crippen LogP contribution is 2.42. The zero-order chi connectivity index (χ0) is 15.2. The van der Waals surface area contributed by atoms with E-state index in [9.17, 15) is 13.6 Å². The van der Waals surface area contributed by atoms with E-state index >= 15 is 0 Å². The van der Waals surface area contributed by atoms with Gasteiger partial charge < -0.3 is 20.7 Å². The first-order valence-electron chi connectivity index (χ1n) is 5.86. The highest BCUT2D eigenvalue weighted by atomic mass is 19.3. The molecule has 2 aliphatic rings. The molecule has 1 heterocycles. The summed E-state index contributed by atoms with van der Waals surface area (Å²) >= 11 is 0. The van der Waals surface area contributed by atoms with Gasteiger partial charge in [-0.3, -0.25) is 4.79 Å². The van der Waals surface area contributed by atoms with Gasteiger partial charge in [0.2, 0.25) is 0 Å². The van der Waals surface area contributed by atoms with Crippen LogP contribution < -0.4 is 26.6 Å². The van der Waals surface area contributed by atoms with Crippen LogP contribution in [0.15, 0.2) is 34.4 Å². The minimum atomic E-state index is -3.71. The lowest BCUT2D eigenvalue weighted by atomic mass is 10.1. The van der Waals surface area contributed by atoms with Crippen LogP contribution in [-0.4, -0.2) is 17.9 Å². The molecule has 0 spiro atoms. The standard InChI is InChI=1S/C12H10F2N4O3/c13-12(14)20-8-2-1-5(3-9(8)21-12)10(19)6-4-7(6)11(17-15)18-16/h1-3H,4,15-16H2,(H,17,18). The molecule has 1 aliphatic carbocycles. The fourth-order valence-corrected chi connectivity index (χ4v) is 2.04. The third-order valence-electron chi connectivity index (χ3n) is 3.08. The van der Waals surface area contributed by atoms with Gasteiger partial charge in [0.1, 0.15) is 0 Å². The number of ether oxygens (including phenoxy) is 2. The lowest BCUT2D eigenvalue weighted by Crippen LogP contribution is -2.30. The molecule has 0 amide bonds. The molecule has 110 valence electrons. The number of fused-ring (bicyclic) bond motifs is 1. The number of hydrazine groups is 1. The second-order valence-corrected chi connectivity index (χ2v) is 4.41. The molecule has 0 radical (unpaired) electrons. The summed E-state index contributed by atoms with van der Waals surface area (Å²) < 4.78 is 34.4. The number of allylic oxidation sites excluding steroid dienone is 1. The average Bonchev–Trinajstić information content (AvgIpc) is 3.14. The molecule has 0 aromatic heterocycles. The second-order valence-electron chi connectivity index (χ2n) is 4.41. The number of hydrogen-bond acceptors (Lipinski definition) is 6. The van der Waals surface area contributed by atoms with Crippen molar-refractivity contribution in [3.05, 3.63) is 34.9 Å². The summed E-state index contributed by atoms with van der Waals surface area (Å²) in [6.45, 7) is 0. The van der Waals surface area contributed by atoms with E-state index in [0.717, 1.165) is 0 Å². The van der Waals surface area contributed by atoms with Crippen LogP contribution in [0.1, 0.15) is 16.8 Å². The third kappa shape index (κ3) is 2.27. The van der Waals surface area contributed by atoms with Gasteiger partial charge in [0, 0.05) is 23.1 Å². The Hall–Kier alpha value is -2.68. The number of amidine groups is 1. The minimum absolute atomic E-state index is 0.116. The fraction of sp³-hybridized carbons (Fsp3) is 0.167. The molecule has 1 aliphatic heterocycles. The Morgan fingerprint density at radius 3 is 2.67 bits per heavy atom. The number of Topliss-reactive ketones (excluding diaryl/α,β-unsaturated/α-hetero) is 1. The molecule has 0 saturated heterocycles. The van der Waals surface area contributed by atoms with E-state index in [1.165, 1.54) is 18.2 Å². The number of rotatable bonds is 3. The van der Waals surface area contributed by atoms with Crippen molar-refractivity contribution in [3.8, 4) is 11.5 Å². The predicted octanol–water partition coefficient (Wildman–Crippen LogP) is 0.627. The van der Waals surface area contributed by atoms with E-state index in [-0.39, 0.29) is 28.7 Å². The Kier molecular flexibility index (Phi) is 2.80. The summed E-state index contributed by atoms with van der Waals surface area (Å²) in [5, 5.41) is 3.40. The molecule has 0 saturated carbocycles. The summed E-state index contributed by atoms with van der Waals surface area (Å²) in [5.74, 6) is 9.90. The van der Waals surface area contributed by atoms with Gasteiger partial charge >= 0.3 is 6.29 Å². The first-order chi connectivity index (χ1) is 9.95. The number of benzene rings is 1. The summed E-state index contributed by atoms with van der Waals surface area (Å²) in [6, 6.07) is 3.84. The lowest BCUT2D eigenvalue weighted by Gasteiger charge is -2.04. The maximum absolute atomic E-state index is 12.9. The van der Waals surface area contributed by atoms with Gasteiger partial charge in [0.15, 0.2) is 23.1 Å². The molecule has 0 atom stereocenters. The Morgan fingerprint density at radius 1 is 1.29 bits per heavy atom. The van der Waals surface area contributed by atoms with E-state index in [4.69, 9.17) is 11.7 Å². The molecular formula is C12H10F2N4O3. The van der Waals surface area contributed by atoms with E-state index < -0.39 is 6.29 Å². The smallest absolute Gasteiger partial charge is 0.395 e. The van der Waals surface area contributed by atoms with Gasteiger partial charge in [0.05, 0.1) is 0 Å². The Morgan fingerprint density at radius 2 is 2.00 bits per heavy atom. The maximum Gasteiger partial charge on any atom is 0.586 e. The molecule has 3 rings (SSSR count). The number of hydrogen-bond donors (Lipinski definition) is 3.